The van der Waals surface area contributed by atoms with Crippen molar-refractivity contribution in [2.24, 2.45) is 0 Å². The van der Waals surface area contributed by atoms with E-state index in [-0.39, 0.29) is 0 Å². The fourth-order valence-corrected chi connectivity index (χ4v) is 2.43. The van der Waals surface area contributed by atoms with Crippen LogP contribution >= 0.6 is 0 Å². The smallest absolute Gasteiger partial charge is 0.240 e. The molecule has 17 heavy (non-hydrogen) atoms. The van der Waals surface area contributed by atoms with E-state index >= 15 is 0 Å². The Morgan fingerprint density at radius 2 is 1.76 bits per heavy atom. The van der Waals surface area contributed by atoms with Crippen LogP contribution in [0.5, 0.6) is 0 Å². The standard InChI is InChI=1S/C12H20N2O2S/c1-4-10(3)14-11-6-8-12(9-7-11)17(15,16)13-5-2/h6-10,13-14H,4-5H2,1-3H3. The lowest BCUT2D eigenvalue weighted by atomic mass is 10.2. The SMILES string of the molecule is CCNS(=O)(=O)c1ccc(NC(C)CC)cc1. The van der Waals surface area contributed by atoms with Gasteiger partial charge in [-0.25, -0.2) is 13.1 Å². The van der Waals surface area contributed by atoms with Crippen molar-refractivity contribution in [1.29, 1.82) is 0 Å². The number of rotatable bonds is 6. The molecule has 1 aromatic carbocycles. The van der Waals surface area contributed by atoms with Gasteiger partial charge < -0.3 is 5.32 Å². The van der Waals surface area contributed by atoms with Gasteiger partial charge in [-0.1, -0.05) is 13.8 Å². The van der Waals surface area contributed by atoms with Crippen molar-refractivity contribution in [1.82, 2.24) is 4.72 Å². The summed E-state index contributed by atoms with van der Waals surface area (Å²) in [5.41, 5.74) is 0.940. The van der Waals surface area contributed by atoms with Gasteiger partial charge in [0.1, 0.15) is 0 Å². The van der Waals surface area contributed by atoms with Gasteiger partial charge in [0.25, 0.3) is 0 Å². The molecule has 0 aliphatic carbocycles. The fourth-order valence-electron chi connectivity index (χ4n) is 1.39. The summed E-state index contributed by atoms with van der Waals surface area (Å²) in [5, 5.41) is 3.29. The van der Waals surface area contributed by atoms with E-state index in [4.69, 9.17) is 0 Å². The minimum atomic E-state index is -3.34. The number of hydrogen-bond acceptors (Lipinski definition) is 3. The van der Waals surface area contributed by atoms with Crippen LogP contribution in [-0.2, 0) is 10.0 Å². The third-order valence-corrected chi connectivity index (χ3v) is 4.09. The molecule has 96 valence electrons. The Morgan fingerprint density at radius 1 is 1.18 bits per heavy atom. The molecule has 1 rings (SSSR count). The molecule has 5 heteroatoms. The largest absolute Gasteiger partial charge is 0.383 e. The van der Waals surface area contributed by atoms with E-state index in [1.165, 1.54) is 0 Å². The summed E-state index contributed by atoms with van der Waals surface area (Å²) >= 11 is 0. The van der Waals surface area contributed by atoms with E-state index in [1.807, 2.05) is 0 Å². The lowest BCUT2D eigenvalue weighted by Gasteiger charge is -2.13. The highest BCUT2D eigenvalue weighted by Crippen LogP contribution is 2.15. The summed E-state index contributed by atoms with van der Waals surface area (Å²) in [5.74, 6) is 0. The highest BCUT2D eigenvalue weighted by atomic mass is 32.2. The van der Waals surface area contributed by atoms with Crippen LogP contribution in [0.1, 0.15) is 27.2 Å². The van der Waals surface area contributed by atoms with Gasteiger partial charge in [-0.15, -0.1) is 0 Å². The van der Waals surface area contributed by atoms with Gasteiger partial charge in [0.2, 0.25) is 10.0 Å². The first kappa shape index (κ1) is 14.0. The molecule has 0 aromatic heterocycles. The quantitative estimate of drug-likeness (QED) is 0.820. The van der Waals surface area contributed by atoms with Gasteiger partial charge in [-0.05, 0) is 37.6 Å². The molecule has 0 saturated carbocycles. The van der Waals surface area contributed by atoms with Crippen molar-refractivity contribution in [2.75, 3.05) is 11.9 Å². The van der Waals surface area contributed by atoms with Gasteiger partial charge in [-0.3, -0.25) is 0 Å². The lowest BCUT2D eigenvalue weighted by molar-refractivity contribution is 0.584. The zero-order valence-corrected chi connectivity index (χ0v) is 11.3. The number of anilines is 1. The molecular weight excluding hydrogens is 236 g/mol. The summed E-state index contributed by atoms with van der Waals surface area (Å²) in [6.07, 6.45) is 1.03. The Morgan fingerprint density at radius 3 is 2.24 bits per heavy atom. The maximum atomic E-state index is 11.7. The molecule has 0 aliphatic heterocycles. The van der Waals surface area contributed by atoms with Crippen molar-refractivity contribution in [3.8, 4) is 0 Å². The number of benzene rings is 1. The van der Waals surface area contributed by atoms with Crippen LogP contribution in [0.4, 0.5) is 5.69 Å². The third kappa shape index (κ3) is 4.02. The normalized spacial score (nSPS) is 13.4. The van der Waals surface area contributed by atoms with Crippen LogP contribution in [0, 0.1) is 0 Å². The molecule has 0 heterocycles. The second kappa shape index (κ2) is 6.02. The number of sulfonamides is 1. The summed E-state index contributed by atoms with van der Waals surface area (Å²) < 4.78 is 25.8. The van der Waals surface area contributed by atoms with E-state index < -0.39 is 10.0 Å². The summed E-state index contributed by atoms with van der Waals surface area (Å²) in [6, 6.07) is 7.18. The minimum absolute atomic E-state index is 0.300. The molecule has 1 atom stereocenters. The molecule has 4 nitrogen and oxygen atoms in total. The third-order valence-electron chi connectivity index (χ3n) is 2.52. The van der Waals surface area contributed by atoms with Crippen LogP contribution in [0.25, 0.3) is 0 Å². The summed E-state index contributed by atoms with van der Waals surface area (Å²) in [4.78, 5) is 0.300. The molecule has 0 bridgehead atoms. The number of hydrogen-bond donors (Lipinski definition) is 2. The maximum absolute atomic E-state index is 11.7. The Bertz CT molecular complexity index is 440. The maximum Gasteiger partial charge on any atom is 0.240 e. The van der Waals surface area contributed by atoms with Crippen molar-refractivity contribution in [3.63, 3.8) is 0 Å². The minimum Gasteiger partial charge on any atom is -0.383 e. The predicted molar refractivity (Wildman–Crippen MR) is 70.7 cm³/mol. The molecule has 0 fully saturated rings. The van der Waals surface area contributed by atoms with E-state index in [9.17, 15) is 8.42 Å². The lowest BCUT2D eigenvalue weighted by Crippen LogP contribution is -2.23. The molecule has 0 saturated heterocycles. The zero-order chi connectivity index (χ0) is 12.9. The van der Waals surface area contributed by atoms with Crippen LogP contribution in [-0.4, -0.2) is 21.0 Å². The first-order valence-corrected chi connectivity index (χ1v) is 7.34. The van der Waals surface area contributed by atoms with Gasteiger partial charge in [-0.2, -0.15) is 0 Å². The molecule has 0 spiro atoms. The zero-order valence-electron chi connectivity index (χ0n) is 10.5. The van der Waals surface area contributed by atoms with E-state index in [0.717, 1.165) is 12.1 Å². The molecular formula is C12H20N2O2S. The molecule has 1 unspecified atom stereocenters. The Kier molecular flexibility index (Phi) is 4.96. The van der Waals surface area contributed by atoms with Gasteiger partial charge in [0.15, 0.2) is 0 Å². The Labute approximate surface area is 103 Å². The highest BCUT2D eigenvalue weighted by Gasteiger charge is 2.11. The first-order valence-electron chi connectivity index (χ1n) is 5.85. The fraction of sp³-hybridized carbons (Fsp3) is 0.500. The topological polar surface area (TPSA) is 58.2 Å². The summed E-state index contributed by atoms with van der Waals surface area (Å²) in [6.45, 7) is 6.34. The second-order valence-electron chi connectivity index (χ2n) is 3.98. The number of nitrogens with one attached hydrogen (secondary N) is 2. The predicted octanol–water partition coefficient (Wildman–Crippen LogP) is 2.20. The monoisotopic (exact) mass is 256 g/mol. The van der Waals surface area contributed by atoms with Crippen LogP contribution in [0.2, 0.25) is 0 Å². The van der Waals surface area contributed by atoms with Crippen molar-refractivity contribution >= 4 is 15.7 Å². The Balaban J connectivity index is 2.81. The van der Waals surface area contributed by atoms with Crippen molar-refractivity contribution in [3.05, 3.63) is 24.3 Å². The highest BCUT2D eigenvalue weighted by molar-refractivity contribution is 7.89. The van der Waals surface area contributed by atoms with Crippen LogP contribution in [0.3, 0.4) is 0 Å². The van der Waals surface area contributed by atoms with Gasteiger partial charge in [0, 0.05) is 18.3 Å². The average Bonchev–Trinajstić information content (AvgIpc) is 2.29. The molecule has 1 aromatic rings. The van der Waals surface area contributed by atoms with E-state index in [2.05, 4.69) is 23.9 Å². The van der Waals surface area contributed by atoms with E-state index in [1.54, 1.807) is 31.2 Å². The van der Waals surface area contributed by atoms with E-state index in [0.29, 0.717) is 17.5 Å². The van der Waals surface area contributed by atoms with Crippen LogP contribution < -0.4 is 10.0 Å². The molecule has 0 radical (unpaired) electrons. The second-order valence-corrected chi connectivity index (χ2v) is 5.75. The van der Waals surface area contributed by atoms with Crippen LogP contribution in [0.15, 0.2) is 29.2 Å². The first-order chi connectivity index (χ1) is 7.99. The average molecular weight is 256 g/mol. The van der Waals surface area contributed by atoms with Crippen molar-refractivity contribution < 1.29 is 8.42 Å². The molecule has 0 amide bonds. The molecule has 0 aliphatic rings. The van der Waals surface area contributed by atoms with Gasteiger partial charge in [0.05, 0.1) is 4.90 Å². The van der Waals surface area contributed by atoms with Gasteiger partial charge >= 0.3 is 0 Å². The summed E-state index contributed by atoms with van der Waals surface area (Å²) in [7, 11) is -3.34. The van der Waals surface area contributed by atoms with Crippen molar-refractivity contribution in [2.45, 2.75) is 38.1 Å². The molecule has 2 N–H and O–H groups in total. The Hall–Kier alpha value is -1.07.